The molecule has 1 amide bonds. The molecule has 3 aliphatic heterocycles. The Morgan fingerprint density at radius 2 is 0.886 bits per heavy atom. The molecule has 3 saturated heterocycles. The number of carbonyl (C=O) groups excluding carboxylic acids is 1. The highest BCUT2D eigenvalue weighted by atomic mass is 16.8. The predicted octanol–water partition coefficient (Wildman–Crippen LogP) is 2.65. The molecule has 17 unspecified atom stereocenters. The zero-order valence-corrected chi connectivity index (χ0v) is 42.3. The Bertz CT molecular complexity index is 1350. The van der Waals surface area contributed by atoms with Gasteiger partial charge < -0.3 is 89.9 Å². The second-order valence-corrected chi connectivity index (χ2v) is 19.7. The fraction of sp³-hybridized carbons (Fsp3) is 0.941. The Morgan fingerprint density at radius 3 is 1.34 bits per heavy atom. The normalized spacial score (nSPS) is 32.6. The predicted molar refractivity (Wildman–Crippen MR) is 259 cm³/mol. The summed E-state index contributed by atoms with van der Waals surface area (Å²) in [5, 5.41) is 120. The highest BCUT2D eigenvalue weighted by Gasteiger charge is 2.53. The third-order valence-electron chi connectivity index (χ3n) is 13.8. The van der Waals surface area contributed by atoms with Gasteiger partial charge in [0.15, 0.2) is 18.9 Å². The van der Waals surface area contributed by atoms with E-state index in [4.69, 9.17) is 28.4 Å². The van der Waals surface area contributed by atoms with Crippen molar-refractivity contribution in [2.75, 3.05) is 26.4 Å². The van der Waals surface area contributed by atoms with Crippen molar-refractivity contribution in [3.8, 4) is 0 Å². The van der Waals surface area contributed by atoms with E-state index < -0.39 is 124 Å². The number of amides is 1. The highest BCUT2D eigenvalue weighted by molar-refractivity contribution is 5.76. The molecular weight excluding hydrogens is 915 g/mol. The van der Waals surface area contributed by atoms with Crippen LogP contribution in [0.3, 0.4) is 0 Å². The second-order valence-electron chi connectivity index (χ2n) is 19.7. The maximum atomic E-state index is 13.2. The van der Waals surface area contributed by atoms with E-state index in [2.05, 4.69) is 19.2 Å². The third kappa shape index (κ3) is 21.8. The minimum atomic E-state index is -1.97. The van der Waals surface area contributed by atoms with E-state index in [0.29, 0.717) is 6.42 Å². The molecule has 0 aromatic heterocycles. The molecule has 0 radical (unpaired) electrons. The lowest BCUT2D eigenvalue weighted by molar-refractivity contribution is -0.379. The number of hydrogen-bond acceptors (Lipinski definition) is 18. The van der Waals surface area contributed by atoms with Crippen molar-refractivity contribution in [2.24, 2.45) is 0 Å². The van der Waals surface area contributed by atoms with Crippen LogP contribution < -0.4 is 5.32 Å². The first kappa shape index (κ1) is 62.8. The Balaban J connectivity index is 1.55. The molecule has 412 valence electrons. The second kappa shape index (κ2) is 36.5. The van der Waals surface area contributed by atoms with Crippen LogP contribution in [-0.4, -0.2) is 193 Å². The summed E-state index contributed by atoms with van der Waals surface area (Å²) in [5.74, 6) is -0.279. The summed E-state index contributed by atoms with van der Waals surface area (Å²) >= 11 is 0. The van der Waals surface area contributed by atoms with Crippen molar-refractivity contribution in [1.82, 2.24) is 5.32 Å². The third-order valence-corrected chi connectivity index (χ3v) is 13.8. The van der Waals surface area contributed by atoms with E-state index in [1.54, 1.807) is 6.08 Å². The van der Waals surface area contributed by atoms with Crippen molar-refractivity contribution in [3.05, 3.63) is 12.2 Å². The van der Waals surface area contributed by atoms with Crippen molar-refractivity contribution >= 4 is 5.91 Å². The minimum Gasteiger partial charge on any atom is -0.394 e. The van der Waals surface area contributed by atoms with Gasteiger partial charge in [-0.15, -0.1) is 0 Å². The molecule has 3 fully saturated rings. The smallest absolute Gasteiger partial charge is 0.220 e. The highest BCUT2D eigenvalue weighted by Crippen LogP contribution is 2.33. The van der Waals surface area contributed by atoms with E-state index in [0.717, 1.165) is 44.9 Å². The monoisotopic (exact) mass is 1010 g/mol. The van der Waals surface area contributed by atoms with Crippen molar-refractivity contribution in [1.29, 1.82) is 0 Å². The van der Waals surface area contributed by atoms with E-state index >= 15 is 0 Å². The van der Waals surface area contributed by atoms with Gasteiger partial charge in [-0.1, -0.05) is 161 Å². The summed E-state index contributed by atoms with van der Waals surface area (Å²) in [5.41, 5.74) is 0. The van der Waals surface area contributed by atoms with Crippen LogP contribution in [0.4, 0.5) is 0 Å². The standard InChI is InChI=1S/C51H95NO18/c1-3-5-7-9-11-13-15-16-17-18-19-20-22-24-26-28-35(56)34(52-39(57)29-27-25-23-21-14-12-10-8-6-4-2)33-65-49-45(63)42(60)47(37(31-54)67-49)70-51-46(64)43(61)48(38(32-55)68-51)69-50-44(62)41(59)40(58)36(30-53)66-50/h26,28,34-38,40-51,53-56,58-64H,3-25,27,29-33H2,1-2H3,(H,52,57)/b28-26+. The van der Waals surface area contributed by atoms with Gasteiger partial charge in [-0.25, -0.2) is 0 Å². The Hall–Kier alpha value is -1.47. The van der Waals surface area contributed by atoms with Gasteiger partial charge in [0.25, 0.3) is 0 Å². The first-order chi connectivity index (χ1) is 33.8. The quantitative estimate of drug-likeness (QED) is 0.0313. The van der Waals surface area contributed by atoms with Crippen molar-refractivity contribution in [3.63, 3.8) is 0 Å². The summed E-state index contributed by atoms with van der Waals surface area (Å²) in [6.45, 7) is 1.68. The molecule has 3 rings (SSSR count). The topological polar surface area (TPSA) is 307 Å². The SMILES string of the molecule is CCCCCCCCCCCCCCC/C=C/C(O)C(COC1OC(CO)C(OC2OC(CO)C(OC3OC(CO)C(O)C(O)C3O)C(O)C2O)C(O)C1O)NC(=O)CCCCCCCCCCCC. The molecule has 0 aromatic carbocycles. The summed E-state index contributed by atoms with van der Waals surface area (Å²) in [6.07, 6.45) is 5.00. The molecule has 70 heavy (non-hydrogen) atoms. The molecule has 0 bridgehead atoms. The first-order valence-electron chi connectivity index (χ1n) is 26.9. The summed E-state index contributed by atoms with van der Waals surface area (Å²) in [7, 11) is 0. The van der Waals surface area contributed by atoms with Crippen molar-refractivity contribution in [2.45, 2.75) is 279 Å². The van der Waals surface area contributed by atoms with Gasteiger partial charge in [0, 0.05) is 6.42 Å². The lowest BCUT2D eigenvalue weighted by atomic mass is 9.96. The minimum absolute atomic E-state index is 0.247. The Labute approximate surface area is 416 Å². The number of aliphatic hydroxyl groups excluding tert-OH is 11. The average Bonchev–Trinajstić information content (AvgIpc) is 3.35. The van der Waals surface area contributed by atoms with Crippen LogP contribution in [0.1, 0.15) is 174 Å². The zero-order chi connectivity index (χ0) is 51.3. The van der Waals surface area contributed by atoms with Crippen LogP contribution >= 0.6 is 0 Å². The Kier molecular flexibility index (Phi) is 32.7. The first-order valence-corrected chi connectivity index (χ1v) is 26.9. The molecule has 0 aliphatic carbocycles. The lowest BCUT2D eigenvalue weighted by Crippen LogP contribution is -2.66. The molecule has 0 saturated carbocycles. The molecule has 3 aliphatic rings. The molecule has 0 spiro atoms. The van der Waals surface area contributed by atoms with Gasteiger partial charge in [-0.3, -0.25) is 4.79 Å². The van der Waals surface area contributed by atoms with Gasteiger partial charge in [0.2, 0.25) is 5.91 Å². The number of carbonyl (C=O) groups is 1. The summed E-state index contributed by atoms with van der Waals surface area (Å²) < 4.78 is 34.1. The van der Waals surface area contributed by atoms with Crippen LogP contribution in [0.2, 0.25) is 0 Å². The average molecular weight is 1010 g/mol. The summed E-state index contributed by atoms with van der Waals surface area (Å²) in [4.78, 5) is 13.2. The number of nitrogens with one attached hydrogen (secondary N) is 1. The van der Waals surface area contributed by atoms with E-state index in [9.17, 15) is 61.0 Å². The maximum Gasteiger partial charge on any atom is 0.220 e. The van der Waals surface area contributed by atoms with E-state index in [1.807, 2.05) is 6.08 Å². The number of ether oxygens (including phenoxy) is 6. The number of rotatable bonds is 38. The van der Waals surface area contributed by atoms with Crippen LogP contribution in [0.25, 0.3) is 0 Å². The number of allylic oxidation sites excluding steroid dienone is 1. The Morgan fingerprint density at radius 1 is 0.500 bits per heavy atom. The zero-order valence-electron chi connectivity index (χ0n) is 42.3. The van der Waals surface area contributed by atoms with Gasteiger partial charge in [0.1, 0.15) is 73.2 Å². The largest absolute Gasteiger partial charge is 0.394 e. The number of hydrogen-bond donors (Lipinski definition) is 12. The van der Waals surface area contributed by atoms with Crippen LogP contribution in [0.15, 0.2) is 12.2 Å². The fourth-order valence-corrected chi connectivity index (χ4v) is 9.31. The molecule has 0 aromatic rings. The molecule has 12 N–H and O–H groups in total. The lowest BCUT2D eigenvalue weighted by Gasteiger charge is -2.48. The molecule has 3 heterocycles. The fourth-order valence-electron chi connectivity index (χ4n) is 9.31. The molecule has 19 nitrogen and oxygen atoms in total. The van der Waals surface area contributed by atoms with Gasteiger partial charge in [-0.05, 0) is 19.3 Å². The van der Waals surface area contributed by atoms with Crippen LogP contribution in [0.5, 0.6) is 0 Å². The van der Waals surface area contributed by atoms with Gasteiger partial charge >= 0.3 is 0 Å². The van der Waals surface area contributed by atoms with Crippen molar-refractivity contribution < 1.29 is 89.4 Å². The van der Waals surface area contributed by atoms with Crippen LogP contribution in [0, 0.1) is 0 Å². The maximum absolute atomic E-state index is 13.2. The number of unbranched alkanes of at least 4 members (excludes halogenated alkanes) is 22. The van der Waals surface area contributed by atoms with Gasteiger partial charge in [-0.2, -0.15) is 0 Å². The number of aliphatic hydroxyl groups is 11. The molecule has 19 heteroatoms. The summed E-state index contributed by atoms with van der Waals surface area (Å²) in [6, 6.07) is -0.964. The van der Waals surface area contributed by atoms with E-state index in [-0.39, 0.29) is 18.9 Å². The molecular formula is C51H95NO18. The van der Waals surface area contributed by atoms with E-state index in [1.165, 1.54) is 103 Å². The van der Waals surface area contributed by atoms with Gasteiger partial charge in [0.05, 0.1) is 38.6 Å². The van der Waals surface area contributed by atoms with Crippen LogP contribution in [-0.2, 0) is 33.2 Å². The molecule has 17 atom stereocenters.